The predicted molar refractivity (Wildman–Crippen MR) is 70.4 cm³/mol. The first-order valence-electron chi connectivity index (χ1n) is 5.46. The standard InChI is InChI=1S/C14H13ClFNO/c1-18-13-6-5-11(16)8-12(13)14(17)9-3-2-4-10(15)7-9/h2-8,14H,17H2,1H3. The van der Waals surface area contributed by atoms with Crippen LogP contribution in [0.3, 0.4) is 0 Å². The third-order valence-corrected chi connectivity index (χ3v) is 2.97. The molecule has 0 amide bonds. The van der Waals surface area contributed by atoms with Gasteiger partial charge in [0.05, 0.1) is 13.2 Å². The Morgan fingerprint density at radius 3 is 2.67 bits per heavy atom. The lowest BCUT2D eigenvalue weighted by molar-refractivity contribution is 0.406. The second-order valence-electron chi connectivity index (χ2n) is 3.92. The Morgan fingerprint density at radius 2 is 2.00 bits per heavy atom. The lowest BCUT2D eigenvalue weighted by Crippen LogP contribution is -2.13. The molecule has 2 N–H and O–H groups in total. The zero-order chi connectivity index (χ0) is 13.1. The van der Waals surface area contributed by atoms with Gasteiger partial charge in [0.1, 0.15) is 11.6 Å². The molecule has 0 aliphatic carbocycles. The van der Waals surface area contributed by atoms with E-state index in [4.69, 9.17) is 22.1 Å². The summed E-state index contributed by atoms with van der Waals surface area (Å²) in [5, 5.41) is 0.596. The Bertz CT molecular complexity index is 559. The van der Waals surface area contributed by atoms with Gasteiger partial charge in [0, 0.05) is 10.6 Å². The monoisotopic (exact) mass is 265 g/mol. The number of methoxy groups -OCH3 is 1. The SMILES string of the molecule is COc1ccc(F)cc1C(N)c1cccc(Cl)c1. The lowest BCUT2D eigenvalue weighted by Gasteiger charge is -2.16. The van der Waals surface area contributed by atoms with E-state index in [1.54, 1.807) is 18.2 Å². The van der Waals surface area contributed by atoms with E-state index >= 15 is 0 Å². The first kappa shape index (κ1) is 12.9. The number of nitrogens with two attached hydrogens (primary N) is 1. The molecule has 0 bridgehead atoms. The summed E-state index contributed by atoms with van der Waals surface area (Å²) in [7, 11) is 1.53. The summed E-state index contributed by atoms with van der Waals surface area (Å²) in [5.74, 6) is 0.215. The van der Waals surface area contributed by atoms with Gasteiger partial charge in [-0.05, 0) is 35.9 Å². The summed E-state index contributed by atoms with van der Waals surface area (Å²) in [6, 6.07) is 11.0. The summed E-state index contributed by atoms with van der Waals surface area (Å²) in [6.45, 7) is 0. The molecule has 0 saturated heterocycles. The van der Waals surface area contributed by atoms with E-state index in [1.165, 1.54) is 19.2 Å². The van der Waals surface area contributed by atoms with Gasteiger partial charge >= 0.3 is 0 Å². The molecule has 4 heteroatoms. The molecule has 0 aliphatic heterocycles. The van der Waals surface area contributed by atoms with Crippen molar-refractivity contribution in [2.24, 2.45) is 5.73 Å². The molecule has 0 saturated carbocycles. The van der Waals surface area contributed by atoms with Crippen molar-refractivity contribution in [3.8, 4) is 5.75 Å². The molecule has 0 radical (unpaired) electrons. The van der Waals surface area contributed by atoms with Crippen molar-refractivity contribution in [2.75, 3.05) is 7.11 Å². The van der Waals surface area contributed by atoms with Crippen molar-refractivity contribution in [3.05, 3.63) is 64.4 Å². The van der Waals surface area contributed by atoms with Crippen molar-refractivity contribution < 1.29 is 9.13 Å². The van der Waals surface area contributed by atoms with Gasteiger partial charge in [0.25, 0.3) is 0 Å². The van der Waals surface area contributed by atoms with Crippen molar-refractivity contribution in [3.63, 3.8) is 0 Å². The fourth-order valence-corrected chi connectivity index (χ4v) is 2.03. The highest BCUT2D eigenvalue weighted by atomic mass is 35.5. The minimum atomic E-state index is -0.477. The van der Waals surface area contributed by atoms with Crippen LogP contribution in [0.25, 0.3) is 0 Å². The van der Waals surface area contributed by atoms with Crippen molar-refractivity contribution in [1.82, 2.24) is 0 Å². The third-order valence-electron chi connectivity index (χ3n) is 2.73. The highest BCUT2D eigenvalue weighted by Gasteiger charge is 2.15. The molecule has 1 atom stereocenters. The van der Waals surface area contributed by atoms with Crippen LogP contribution in [0.1, 0.15) is 17.2 Å². The summed E-state index contributed by atoms with van der Waals surface area (Å²) in [6.07, 6.45) is 0. The third kappa shape index (κ3) is 2.63. The van der Waals surface area contributed by atoms with Crippen LogP contribution in [0.4, 0.5) is 4.39 Å². The minimum absolute atomic E-state index is 0.344. The van der Waals surface area contributed by atoms with Gasteiger partial charge in [0.15, 0.2) is 0 Å². The zero-order valence-electron chi connectivity index (χ0n) is 9.86. The fraction of sp³-hybridized carbons (Fsp3) is 0.143. The largest absolute Gasteiger partial charge is 0.496 e. The van der Waals surface area contributed by atoms with Gasteiger partial charge in [0.2, 0.25) is 0 Å². The van der Waals surface area contributed by atoms with Crippen LogP contribution in [-0.4, -0.2) is 7.11 Å². The minimum Gasteiger partial charge on any atom is -0.496 e. The Balaban J connectivity index is 2.44. The van der Waals surface area contributed by atoms with Crippen LogP contribution in [0, 0.1) is 5.82 Å². The molecule has 0 spiro atoms. The molecule has 18 heavy (non-hydrogen) atoms. The molecule has 2 rings (SSSR count). The van der Waals surface area contributed by atoms with Crippen LogP contribution < -0.4 is 10.5 Å². The Morgan fingerprint density at radius 1 is 1.22 bits per heavy atom. The van der Waals surface area contributed by atoms with E-state index in [0.29, 0.717) is 16.3 Å². The molecule has 0 aromatic heterocycles. The first-order valence-corrected chi connectivity index (χ1v) is 5.84. The molecule has 2 aromatic rings. The van der Waals surface area contributed by atoms with E-state index in [9.17, 15) is 4.39 Å². The maximum Gasteiger partial charge on any atom is 0.124 e. The second kappa shape index (κ2) is 5.38. The number of benzene rings is 2. The number of hydrogen-bond acceptors (Lipinski definition) is 2. The van der Waals surface area contributed by atoms with E-state index < -0.39 is 6.04 Å². The normalized spacial score (nSPS) is 12.2. The summed E-state index contributed by atoms with van der Waals surface area (Å²) >= 11 is 5.92. The van der Waals surface area contributed by atoms with Crippen molar-refractivity contribution >= 4 is 11.6 Å². The maximum absolute atomic E-state index is 13.3. The number of hydrogen-bond donors (Lipinski definition) is 1. The zero-order valence-corrected chi connectivity index (χ0v) is 10.6. The maximum atomic E-state index is 13.3. The summed E-state index contributed by atoms with van der Waals surface area (Å²) in [5.41, 5.74) is 7.53. The molecule has 2 aromatic carbocycles. The molecular formula is C14H13ClFNO. The Kier molecular flexibility index (Phi) is 3.84. The second-order valence-corrected chi connectivity index (χ2v) is 4.36. The number of ether oxygens (including phenoxy) is 1. The Labute approximate surface area is 110 Å². The smallest absolute Gasteiger partial charge is 0.124 e. The van der Waals surface area contributed by atoms with Gasteiger partial charge < -0.3 is 10.5 Å². The van der Waals surface area contributed by atoms with E-state index in [-0.39, 0.29) is 5.82 Å². The number of halogens is 2. The highest BCUT2D eigenvalue weighted by Crippen LogP contribution is 2.29. The molecule has 94 valence electrons. The summed E-state index contributed by atoms with van der Waals surface area (Å²) in [4.78, 5) is 0. The first-order chi connectivity index (χ1) is 8.61. The van der Waals surface area contributed by atoms with Crippen LogP contribution in [0.2, 0.25) is 5.02 Å². The highest BCUT2D eigenvalue weighted by molar-refractivity contribution is 6.30. The van der Waals surface area contributed by atoms with Gasteiger partial charge in [-0.2, -0.15) is 0 Å². The van der Waals surface area contributed by atoms with Gasteiger partial charge in [-0.25, -0.2) is 4.39 Å². The molecule has 2 nitrogen and oxygen atoms in total. The fourth-order valence-electron chi connectivity index (χ4n) is 1.83. The molecule has 0 heterocycles. The lowest BCUT2D eigenvalue weighted by atomic mass is 9.98. The van der Waals surface area contributed by atoms with Gasteiger partial charge in [-0.1, -0.05) is 23.7 Å². The average Bonchev–Trinajstić information content (AvgIpc) is 2.38. The van der Waals surface area contributed by atoms with Crippen LogP contribution in [0.5, 0.6) is 5.75 Å². The van der Waals surface area contributed by atoms with Crippen LogP contribution in [-0.2, 0) is 0 Å². The predicted octanol–water partition coefficient (Wildman–Crippen LogP) is 3.54. The summed E-state index contributed by atoms with van der Waals surface area (Å²) < 4.78 is 18.5. The molecule has 1 unspecified atom stereocenters. The number of rotatable bonds is 3. The molecular weight excluding hydrogens is 253 g/mol. The van der Waals surface area contributed by atoms with Crippen LogP contribution in [0.15, 0.2) is 42.5 Å². The van der Waals surface area contributed by atoms with Gasteiger partial charge in [-0.15, -0.1) is 0 Å². The van der Waals surface area contributed by atoms with Crippen LogP contribution >= 0.6 is 11.6 Å². The van der Waals surface area contributed by atoms with E-state index in [1.807, 2.05) is 12.1 Å². The Hall–Kier alpha value is -1.58. The van der Waals surface area contributed by atoms with E-state index in [2.05, 4.69) is 0 Å². The van der Waals surface area contributed by atoms with E-state index in [0.717, 1.165) is 5.56 Å². The van der Waals surface area contributed by atoms with Crippen molar-refractivity contribution in [2.45, 2.75) is 6.04 Å². The van der Waals surface area contributed by atoms with Crippen molar-refractivity contribution in [1.29, 1.82) is 0 Å². The average molecular weight is 266 g/mol. The van der Waals surface area contributed by atoms with Gasteiger partial charge in [-0.3, -0.25) is 0 Å². The quantitative estimate of drug-likeness (QED) is 0.921. The molecule has 0 fully saturated rings. The topological polar surface area (TPSA) is 35.2 Å². The molecule has 0 aliphatic rings.